The number of aliphatic hydroxyl groups is 1. The lowest BCUT2D eigenvalue weighted by Gasteiger charge is -2.09. The van der Waals surface area contributed by atoms with Gasteiger partial charge < -0.3 is 9.84 Å². The number of aliphatic hydroxyl groups excluding tert-OH is 1. The Morgan fingerprint density at radius 1 is 0.913 bits per heavy atom. The Kier molecular flexibility index (Phi) is 4.60. The molecule has 0 aliphatic rings. The number of hydrogen-bond donors (Lipinski definition) is 1. The van der Waals surface area contributed by atoms with E-state index in [0.717, 1.165) is 33.8 Å². The maximum Gasteiger partial charge on any atom is 0.118 e. The van der Waals surface area contributed by atoms with Gasteiger partial charge in [-0.2, -0.15) is 0 Å². The molecule has 0 fully saturated rings. The van der Waals surface area contributed by atoms with Crippen molar-refractivity contribution in [2.45, 2.75) is 6.61 Å². The van der Waals surface area contributed by atoms with Crippen LogP contribution in [0.4, 0.5) is 0 Å². The van der Waals surface area contributed by atoms with E-state index in [1.54, 1.807) is 7.11 Å². The summed E-state index contributed by atoms with van der Waals surface area (Å²) >= 11 is 5.94. The molecule has 0 amide bonds. The molecule has 3 nitrogen and oxygen atoms in total. The van der Waals surface area contributed by atoms with E-state index in [1.807, 2.05) is 60.7 Å². The fourth-order valence-electron chi connectivity index (χ4n) is 2.36. The summed E-state index contributed by atoms with van der Waals surface area (Å²) in [6.45, 7) is -0.0355. The first-order valence-corrected chi connectivity index (χ1v) is 7.59. The molecule has 1 heterocycles. The van der Waals surface area contributed by atoms with E-state index >= 15 is 0 Å². The lowest BCUT2D eigenvalue weighted by Crippen LogP contribution is -1.93. The van der Waals surface area contributed by atoms with Crippen LogP contribution in [0.2, 0.25) is 5.02 Å². The molecular weight excluding hydrogens is 310 g/mol. The maximum atomic E-state index is 9.54. The van der Waals surface area contributed by atoms with E-state index in [9.17, 15) is 5.11 Å². The Balaban J connectivity index is 2.06. The van der Waals surface area contributed by atoms with Gasteiger partial charge in [0.2, 0.25) is 0 Å². The molecule has 0 aliphatic carbocycles. The van der Waals surface area contributed by atoms with Gasteiger partial charge >= 0.3 is 0 Å². The van der Waals surface area contributed by atoms with Crippen LogP contribution in [-0.4, -0.2) is 17.2 Å². The molecule has 0 spiro atoms. The molecule has 0 unspecified atom stereocenters. The molecule has 23 heavy (non-hydrogen) atoms. The van der Waals surface area contributed by atoms with Crippen molar-refractivity contribution in [2.75, 3.05) is 7.11 Å². The Bertz CT molecular complexity index is 799. The van der Waals surface area contributed by atoms with E-state index in [0.29, 0.717) is 5.02 Å². The highest BCUT2D eigenvalue weighted by atomic mass is 35.5. The normalized spacial score (nSPS) is 10.6. The van der Waals surface area contributed by atoms with Gasteiger partial charge in [-0.1, -0.05) is 23.7 Å². The first-order valence-electron chi connectivity index (χ1n) is 7.22. The van der Waals surface area contributed by atoms with Crippen molar-refractivity contribution in [3.63, 3.8) is 0 Å². The van der Waals surface area contributed by atoms with Crippen LogP contribution in [-0.2, 0) is 6.61 Å². The highest BCUT2D eigenvalue weighted by molar-refractivity contribution is 6.30. The predicted octanol–water partition coefficient (Wildman–Crippen LogP) is 4.57. The second-order valence-corrected chi connectivity index (χ2v) is 5.58. The van der Waals surface area contributed by atoms with Gasteiger partial charge in [-0.15, -0.1) is 0 Å². The third-order valence-electron chi connectivity index (χ3n) is 3.59. The van der Waals surface area contributed by atoms with Gasteiger partial charge in [0.15, 0.2) is 0 Å². The standard InChI is InChI=1S/C19H16ClNO2/c1-23-17-8-4-15(5-9-17)19-11-13(12-22)10-18(21-19)14-2-6-16(20)7-3-14/h2-11,22H,12H2,1H3. The summed E-state index contributed by atoms with van der Waals surface area (Å²) in [7, 11) is 1.64. The van der Waals surface area contributed by atoms with Crippen molar-refractivity contribution in [2.24, 2.45) is 0 Å². The largest absolute Gasteiger partial charge is 0.497 e. The predicted molar refractivity (Wildman–Crippen MR) is 92.6 cm³/mol. The van der Waals surface area contributed by atoms with Crippen molar-refractivity contribution in [1.82, 2.24) is 4.98 Å². The van der Waals surface area contributed by atoms with Gasteiger partial charge in [-0.25, -0.2) is 4.98 Å². The third kappa shape index (κ3) is 3.52. The van der Waals surface area contributed by atoms with Crippen LogP contribution in [0, 0.1) is 0 Å². The monoisotopic (exact) mass is 325 g/mol. The molecule has 0 saturated carbocycles. The first kappa shape index (κ1) is 15.5. The van der Waals surface area contributed by atoms with E-state index in [1.165, 1.54) is 0 Å². The molecule has 116 valence electrons. The van der Waals surface area contributed by atoms with Crippen LogP contribution < -0.4 is 4.74 Å². The van der Waals surface area contributed by atoms with Crippen molar-refractivity contribution < 1.29 is 9.84 Å². The zero-order valence-electron chi connectivity index (χ0n) is 12.7. The summed E-state index contributed by atoms with van der Waals surface area (Å²) in [6, 6.07) is 19.0. The minimum atomic E-state index is -0.0355. The quantitative estimate of drug-likeness (QED) is 0.764. The molecule has 1 N–H and O–H groups in total. The van der Waals surface area contributed by atoms with Gasteiger partial charge in [0.25, 0.3) is 0 Å². The van der Waals surface area contributed by atoms with Gasteiger partial charge in [0, 0.05) is 16.1 Å². The van der Waals surface area contributed by atoms with Crippen molar-refractivity contribution in [1.29, 1.82) is 0 Å². The lowest BCUT2D eigenvalue weighted by molar-refractivity contribution is 0.282. The fourth-order valence-corrected chi connectivity index (χ4v) is 2.48. The number of ether oxygens (including phenoxy) is 1. The van der Waals surface area contributed by atoms with Gasteiger partial charge in [-0.05, 0) is 54.1 Å². The summed E-state index contributed by atoms with van der Waals surface area (Å²) in [5, 5.41) is 10.2. The average Bonchev–Trinajstić information content (AvgIpc) is 2.62. The molecule has 0 aliphatic heterocycles. The van der Waals surface area contributed by atoms with Crippen LogP contribution in [0.5, 0.6) is 5.75 Å². The van der Waals surface area contributed by atoms with Crippen molar-refractivity contribution in [3.05, 3.63) is 71.2 Å². The van der Waals surface area contributed by atoms with E-state index in [4.69, 9.17) is 21.3 Å². The van der Waals surface area contributed by atoms with Gasteiger partial charge in [-0.3, -0.25) is 0 Å². The van der Waals surface area contributed by atoms with E-state index in [2.05, 4.69) is 0 Å². The van der Waals surface area contributed by atoms with Crippen LogP contribution in [0.1, 0.15) is 5.56 Å². The number of benzene rings is 2. The summed E-state index contributed by atoms with van der Waals surface area (Å²) in [6.07, 6.45) is 0. The van der Waals surface area contributed by atoms with E-state index in [-0.39, 0.29) is 6.61 Å². The van der Waals surface area contributed by atoms with Crippen LogP contribution >= 0.6 is 11.6 Å². The van der Waals surface area contributed by atoms with E-state index < -0.39 is 0 Å². The van der Waals surface area contributed by atoms with Gasteiger partial charge in [0.1, 0.15) is 5.75 Å². The zero-order chi connectivity index (χ0) is 16.2. The molecule has 3 aromatic rings. The summed E-state index contributed by atoms with van der Waals surface area (Å²) in [4.78, 5) is 4.71. The van der Waals surface area contributed by atoms with Crippen LogP contribution in [0.25, 0.3) is 22.5 Å². The highest BCUT2D eigenvalue weighted by Crippen LogP contribution is 2.27. The molecule has 3 rings (SSSR count). The smallest absolute Gasteiger partial charge is 0.118 e. The minimum Gasteiger partial charge on any atom is -0.497 e. The first-order chi connectivity index (χ1) is 11.2. The summed E-state index contributed by atoms with van der Waals surface area (Å²) < 4.78 is 5.18. The van der Waals surface area contributed by atoms with Crippen molar-refractivity contribution in [3.8, 4) is 28.3 Å². The second-order valence-electron chi connectivity index (χ2n) is 5.14. The number of methoxy groups -OCH3 is 1. The molecule has 2 aromatic carbocycles. The number of rotatable bonds is 4. The molecule has 0 radical (unpaired) electrons. The fraction of sp³-hybridized carbons (Fsp3) is 0.105. The van der Waals surface area contributed by atoms with Crippen LogP contribution in [0.3, 0.4) is 0 Å². The minimum absolute atomic E-state index is 0.0355. The number of nitrogens with zero attached hydrogens (tertiary/aromatic N) is 1. The molecule has 0 saturated heterocycles. The highest BCUT2D eigenvalue weighted by Gasteiger charge is 2.07. The number of pyridine rings is 1. The second kappa shape index (κ2) is 6.82. The molecular formula is C19H16ClNO2. The zero-order valence-corrected chi connectivity index (χ0v) is 13.4. The SMILES string of the molecule is COc1ccc(-c2cc(CO)cc(-c3ccc(Cl)cc3)n2)cc1. The average molecular weight is 326 g/mol. The van der Waals surface area contributed by atoms with Crippen molar-refractivity contribution >= 4 is 11.6 Å². The number of aromatic nitrogens is 1. The lowest BCUT2D eigenvalue weighted by atomic mass is 10.0. The Morgan fingerprint density at radius 3 is 1.91 bits per heavy atom. The Morgan fingerprint density at radius 2 is 1.43 bits per heavy atom. The third-order valence-corrected chi connectivity index (χ3v) is 3.85. The number of halogens is 1. The molecule has 1 aromatic heterocycles. The summed E-state index contributed by atoms with van der Waals surface area (Å²) in [5.41, 5.74) is 4.36. The molecule has 4 heteroatoms. The molecule has 0 bridgehead atoms. The maximum absolute atomic E-state index is 9.54. The summed E-state index contributed by atoms with van der Waals surface area (Å²) in [5.74, 6) is 0.796. The Labute approximate surface area is 140 Å². The topological polar surface area (TPSA) is 42.4 Å². The van der Waals surface area contributed by atoms with Gasteiger partial charge in [0.05, 0.1) is 25.1 Å². The van der Waals surface area contributed by atoms with Crippen LogP contribution in [0.15, 0.2) is 60.7 Å². The molecule has 0 atom stereocenters. The number of hydrogen-bond acceptors (Lipinski definition) is 3. The Hall–Kier alpha value is -2.36.